The van der Waals surface area contributed by atoms with E-state index in [0.29, 0.717) is 0 Å². The lowest BCUT2D eigenvalue weighted by molar-refractivity contribution is 0.527. The lowest BCUT2D eigenvalue weighted by Gasteiger charge is -2.15. The van der Waals surface area contributed by atoms with Crippen LogP contribution in [0.2, 0.25) is 0 Å². The van der Waals surface area contributed by atoms with Crippen LogP contribution in [0.15, 0.2) is 0 Å². The Hall–Kier alpha value is -0.310. The van der Waals surface area contributed by atoms with E-state index in [1.807, 2.05) is 19.0 Å². The second-order valence-corrected chi connectivity index (χ2v) is 7.82. The Kier molecular flexibility index (Phi) is 18.8. The van der Waals surface area contributed by atoms with Crippen LogP contribution in [0.4, 0.5) is 0 Å². The molecule has 0 aromatic carbocycles. The summed E-state index contributed by atoms with van der Waals surface area (Å²) in [6.07, 6.45) is 22.7. The summed E-state index contributed by atoms with van der Waals surface area (Å²) in [4.78, 5) is 1.96. The monoisotopic (exact) mass is 356 g/mol. The van der Waals surface area contributed by atoms with Crippen molar-refractivity contribution in [3.8, 4) is 0 Å². The van der Waals surface area contributed by atoms with Gasteiger partial charge in [0.05, 0.1) is 0 Å². The molecule has 3 heteroatoms. The number of nitrogens with one attached hydrogen (secondary N) is 1. The van der Waals surface area contributed by atoms with Crippen LogP contribution in [0.5, 0.6) is 0 Å². The molecule has 0 spiro atoms. The van der Waals surface area contributed by atoms with E-state index < -0.39 is 0 Å². The molecule has 0 aromatic heterocycles. The topological polar surface area (TPSA) is 15.3 Å². The van der Waals surface area contributed by atoms with Gasteiger partial charge in [-0.3, -0.25) is 0 Å². The van der Waals surface area contributed by atoms with Crippen molar-refractivity contribution in [2.24, 2.45) is 0 Å². The maximum atomic E-state index is 5.20. The standard InChI is InChI=1S/C21H44N2S/c1-4-5-6-7-8-9-10-11-12-13-14-15-16-17-18-19-20-22-21(24)23(2)3/h4-20H2,1-3H3,(H,22,24). The van der Waals surface area contributed by atoms with Crippen molar-refractivity contribution < 1.29 is 0 Å². The van der Waals surface area contributed by atoms with E-state index in [1.54, 1.807) is 0 Å². The van der Waals surface area contributed by atoms with E-state index in [4.69, 9.17) is 12.2 Å². The maximum absolute atomic E-state index is 5.20. The van der Waals surface area contributed by atoms with Gasteiger partial charge in [0, 0.05) is 20.6 Å². The molecule has 0 bridgehead atoms. The predicted octanol–water partition coefficient (Wildman–Crippen LogP) is 6.68. The third kappa shape index (κ3) is 18.0. The lowest BCUT2D eigenvalue weighted by atomic mass is 10.0. The Morgan fingerprint density at radius 3 is 1.29 bits per heavy atom. The number of unbranched alkanes of at least 4 members (excludes halogenated alkanes) is 15. The number of thiocarbonyl (C=S) groups is 1. The van der Waals surface area contributed by atoms with Gasteiger partial charge in [0.15, 0.2) is 5.11 Å². The third-order valence-corrected chi connectivity index (χ3v) is 5.22. The van der Waals surface area contributed by atoms with Crippen molar-refractivity contribution in [3.05, 3.63) is 0 Å². The summed E-state index contributed by atoms with van der Waals surface area (Å²) in [5, 5.41) is 4.15. The average molecular weight is 357 g/mol. The van der Waals surface area contributed by atoms with Gasteiger partial charge < -0.3 is 10.2 Å². The zero-order valence-corrected chi connectivity index (χ0v) is 17.7. The highest BCUT2D eigenvalue weighted by Gasteiger charge is 1.97. The van der Waals surface area contributed by atoms with Crippen LogP contribution in [-0.4, -0.2) is 30.7 Å². The van der Waals surface area contributed by atoms with Gasteiger partial charge in [-0.15, -0.1) is 0 Å². The van der Waals surface area contributed by atoms with Gasteiger partial charge in [0.2, 0.25) is 0 Å². The molecule has 0 saturated heterocycles. The zero-order valence-electron chi connectivity index (χ0n) is 16.9. The fourth-order valence-electron chi connectivity index (χ4n) is 3.03. The van der Waals surface area contributed by atoms with E-state index in [-0.39, 0.29) is 0 Å². The van der Waals surface area contributed by atoms with Crippen LogP contribution >= 0.6 is 12.2 Å². The van der Waals surface area contributed by atoms with Gasteiger partial charge in [0.25, 0.3) is 0 Å². The Morgan fingerprint density at radius 1 is 0.625 bits per heavy atom. The Balaban J connectivity index is 3.04. The SMILES string of the molecule is CCCCCCCCCCCCCCCCCCNC(=S)N(C)C. The fourth-order valence-corrected chi connectivity index (χ4v) is 3.13. The van der Waals surface area contributed by atoms with Crippen LogP contribution in [0.3, 0.4) is 0 Å². The van der Waals surface area contributed by atoms with E-state index >= 15 is 0 Å². The number of nitrogens with zero attached hydrogens (tertiary/aromatic N) is 1. The van der Waals surface area contributed by atoms with Gasteiger partial charge in [-0.1, -0.05) is 103 Å². The highest BCUT2D eigenvalue weighted by molar-refractivity contribution is 7.80. The average Bonchev–Trinajstić information content (AvgIpc) is 2.57. The minimum Gasteiger partial charge on any atom is -0.363 e. The molecule has 0 aliphatic heterocycles. The maximum Gasteiger partial charge on any atom is 0.168 e. The highest BCUT2D eigenvalue weighted by Crippen LogP contribution is 2.13. The summed E-state index contributed by atoms with van der Waals surface area (Å²) < 4.78 is 0. The van der Waals surface area contributed by atoms with Crippen LogP contribution < -0.4 is 5.32 Å². The Morgan fingerprint density at radius 2 is 0.958 bits per heavy atom. The molecule has 0 unspecified atom stereocenters. The van der Waals surface area contributed by atoms with Crippen molar-refractivity contribution >= 4 is 17.3 Å². The molecule has 0 fully saturated rings. The molecule has 24 heavy (non-hydrogen) atoms. The summed E-state index contributed by atoms with van der Waals surface area (Å²) >= 11 is 5.20. The van der Waals surface area contributed by atoms with Crippen molar-refractivity contribution in [3.63, 3.8) is 0 Å². The normalized spacial score (nSPS) is 10.8. The van der Waals surface area contributed by atoms with E-state index in [0.717, 1.165) is 11.7 Å². The molecule has 0 rings (SSSR count). The zero-order chi connectivity index (χ0) is 17.9. The second-order valence-electron chi connectivity index (χ2n) is 7.43. The quantitative estimate of drug-likeness (QED) is 0.231. The van der Waals surface area contributed by atoms with Gasteiger partial charge in [-0.2, -0.15) is 0 Å². The first-order valence-corrected chi connectivity index (χ1v) is 11.0. The van der Waals surface area contributed by atoms with Crippen molar-refractivity contribution in [2.75, 3.05) is 20.6 Å². The van der Waals surface area contributed by atoms with E-state index in [9.17, 15) is 0 Å². The molecular weight excluding hydrogens is 312 g/mol. The molecule has 1 N–H and O–H groups in total. The predicted molar refractivity (Wildman–Crippen MR) is 114 cm³/mol. The van der Waals surface area contributed by atoms with Crippen LogP contribution in [0.25, 0.3) is 0 Å². The summed E-state index contributed by atoms with van der Waals surface area (Å²) in [5.74, 6) is 0. The minimum atomic E-state index is 0.857. The van der Waals surface area contributed by atoms with Crippen LogP contribution in [0, 0.1) is 0 Å². The molecular formula is C21H44N2S. The second kappa shape index (κ2) is 19.0. The largest absolute Gasteiger partial charge is 0.363 e. The minimum absolute atomic E-state index is 0.857. The van der Waals surface area contributed by atoms with Gasteiger partial charge in [-0.25, -0.2) is 0 Å². The van der Waals surface area contributed by atoms with Crippen molar-refractivity contribution in [2.45, 2.75) is 110 Å². The highest BCUT2D eigenvalue weighted by atomic mass is 32.1. The van der Waals surface area contributed by atoms with Crippen LogP contribution in [-0.2, 0) is 0 Å². The molecule has 0 aliphatic rings. The Bertz CT molecular complexity index is 267. The number of rotatable bonds is 17. The Labute approximate surface area is 158 Å². The van der Waals surface area contributed by atoms with Gasteiger partial charge in [0.1, 0.15) is 0 Å². The molecule has 144 valence electrons. The van der Waals surface area contributed by atoms with E-state index in [2.05, 4.69) is 12.2 Å². The molecule has 2 nitrogen and oxygen atoms in total. The first kappa shape index (κ1) is 23.7. The number of hydrogen-bond donors (Lipinski definition) is 1. The molecule has 0 heterocycles. The van der Waals surface area contributed by atoms with Gasteiger partial charge >= 0.3 is 0 Å². The third-order valence-electron chi connectivity index (χ3n) is 4.71. The molecule has 0 amide bonds. The fraction of sp³-hybridized carbons (Fsp3) is 0.952. The smallest absolute Gasteiger partial charge is 0.168 e. The molecule has 0 aliphatic carbocycles. The molecule has 0 atom stereocenters. The molecule has 0 saturated carbocycles. The number of hydrogen-bond acceptors (Lipinski definition) is 1. The summed E-state index contributed by atoms with van der Waals surface area (Å²) in [5.41, 5.74) is 0. The van der Waals surface area contributed by atoms with Crippen LogP contribution in [0.1, 0.15) is 110 Å². The first-order valence-electron chi connectivity index (χ1n) is 10.6. The molecule has 0 radical (unpaired) electrons. The van der Waals surface area contributed by atoms with Crippen molar-refractivity contribution in [1.82, 2.24) is 10.2 Å². The molecule has 0 aromatic rings. The summed E-state index contributed by atoms with van der Waals surface area (Å²) in [6, 6.07) is 0. The van der Waals surface area contributed by atoms with Crippen molar-refractivity contribution in [1.29, 1.82) is 0 Å². The van der Waals surface area contributed by atoms with E-state index in [1.165, 1.54) is 103 Å². The summed E-state index contributed by atoms with van der Waals surface area (Å²) in [7, 11) is 3.98. The summed E-state index contributed by atoms with van der Waals surface area (Å²) in [6.45, 7) is 3.31. The first-order chi connectivity index (χ1) is 11.7. The van der Waals surface area contributed by atoms with Gasteiger partial charge in [-0.05, 0) is 18.6 Å². The lowest BCUT2D eigenvalue weighted by Crippen LogP contribution is -2.34.